The number of methoxy groups -OCH3 is 1. The van der Waals surface area contributed by atoms with Crippen LogP contribution in [0.4, 0.5) is 10.6 Å². The van der Waals surface area contributed by atoms with Crippen molar-refractivity contribution < 1.29 is 14.3 Å². The van der Waals surface area contributed by atoms with E-state index in [9.17, 15) is 9.59 Å². The first-order valence-corrected chi connectivity index (χ1v) is 11.8. The zero-order valence-corrected chi connectivity index (χ0v) is 20.9. The molecule has 0 saturated heterocycles. The standard InChI is InChI=1S/C25H39N5O3/c1-7-9-15-26-24(32)29(16-10-8-2)18-23(31)27-22-17-21(25(3,4)5)28-30(22)19-11-13-20(33-6)14-12-19/h11-14,17H,7-10,15-16,18H2,1-6H3,(H,26,32)(H,27,31). The fourth-order valence-corrected chi connectivity index (χ4v) is 3.20. The minimum absolute atomic E-state index is 0.0173. The fraction of sp³-hybridized carbons (Fsp3) is 0.560. The SMILES string of the molecule is CCCCNC(=O)N(CCCC)CC(=O)Nc1cc(C(C)(C)C)nn1-c1ccc(OC)cc1. The molecule has 2 N–H and O–H groups in total. The second kappa shape index (κ2) is 12.3. The smallest absolute Gasteiger partial charge is 0.317 e. The molecule has 3 amide bonds. The molecule has 0 aliphatic carbocycles. The quantitative estimate of drug-likeness (QED) is 0.478. The normalized spacial score (nSPS) is 11.2. The highest BCUT2D eigenvalue weighted by molar-refractivity contribution is 5.94. The van der Waals surface area contributed by atoms with Crippen molar-refractivity contribution in [2.75, 3.05) is 32.1 Å². The van der Waals surface area contributed by atoms with Gasteiger partial charge in [-0.3, -0.25) is 4.79 Å². The van der Waals surface area contributed by atoms with Crippen molar-refractivity contribution >= 4 is 17.8 Å². The highest BCUT2D eigenvalue weighted by Crippen LogP contribution is 2.27. The zero-order valence-electron chi connectivity index (χ0n) is 20.9. The second-order valence-corrected chi connectivity index (χ2v) is 9.18. The summed E-state index contributed by atoms with van der Waals surface area (Å²) in [5.41, 5.74) is 1.47. The summed E-state index contributed by atoms with van der Waals surface area (Å²) < 4.78 is 6.97. The number of amides is 3. The lowest BCUT2D eigenvalue weighted by Crippen LogP contribution is -2.44. The minimum Gasteiger partial charge on any atom is -0.497 e. The van der Waals surface area contributed by atoms with E-state index < -0.39 is 0 Å². The van der Waals surface area contributed by atoms with Gasteiger partial charge in [0.05, 0.1) is 18.5 Å². The molecule has 0 aliphatic heterocycles. The molecule has 0 atom stereocenters. The Kier molecular flexibility index (Phi) is 9.75. The number of hydrogen-bond acceptors (Lipinski definition) is 4. The number of aromatic nitrogens is 2. The van der Waals surface area contributed by atoms with Crippen LogP contribution < -0.4 is 15.4 Å². The van der Waals surface area contributed by atoms with Crippen LogP contribution in [0.1, 0.15) is 66.0 Å². The molecule has 0 radical (unpaired) electrons. The Morgan fingerprint density at radius 3 is 2.33 bits per heavy atom. The summed E-state index contributed by atoms with van der Waals surface area (Å²) in [6, 6.07) is 9.18. The lowest BCUT2D eigenvalue weighted by Gasteiger charge is -2.22. The highest BCUT2D eigenvalue weighted by Gasteiger charge is 2.23. The number of hydrogen-bond donors (Lipinski definition) is 2. The van der Waals surface area contributed by atoms with Gasteiger partial charge in [0.1, 0.15) is 18.1 Å². The molecule has 0 bridgehead atoms. The van der Waals surface area contributed by atoms with E-state index in [-0.39, 0.29) is 23.9 Å². The number of nitrogens with one attached hydrogen (secondary N) is 2. The Labute approximate surface area is 197 Å². The van der Waals surface area contributed by atoms with Crippen LogP contribution >= 0.6 is 0 Å². The first-order chi connectivity index (χ1) is 15.7. The van der Waals surface area contributed by atoms with E-state index in [0.29, 0.717) is 18.9 Å². The number of carbonyl (C=O) groups excluding carboxylic acids is 2. The van der Waals surface area contributed by atoms with Gasteiger partial charge in [-0.05, 0) is 37.1 Å². The van der Waals surface area contributed by atoms with E-state index in [1.54, 1.807) is 16.7 Å². The van der Waals surface area contributed by atoms with Crippen molar-refractivity contribution in [1.82, 2.24) is 20.0 Å². The van der Waals surface area contributed by atoms with Crippen molar-refractivity contribution in [3.05, 3.63) is 36.0 Å². The molecule has 0 saturated carbocycles. The van der Waals surface area contributed by atoms with E-state index in [2.05, 4.69) is 45.3 Å². The summed E-state index contributed by atoms with van der Waals surface area (Å²) in [4.78, 5) is 27.1. The van der Waals surface area contributed by atoms with Crippen molar-refractivity contribution in [3.8, 4) is 11.4 Å². The van der Waals surface area contributed by atoms with Crippen LogP contribution in [0, 0.1) is 0 Å². The minimum atomic E-state index is -0.258. The molecule has 33 heavy (non-hydrogen) atoms. The summed E-state index contributed by atoms with van der Waals surface area (Å²) in [6.07, 6.45) is 3.70. The molecule has 8 nitrogen and oxygen atoms in total. The van der Waals surface area contributed by atoms with Gasteiger partial charge < -0.3 is 20.3 Å². The van der Waals surface area contributed by atoms with Gasteiger partial charge in [-0.1, -0.05) is 47.5 Å². The molecular weight excluding hydrogens is 418 g/mol. The molecule has 0 unspecified atom stereocenters. The molecule has 1 aromatic heterocycles. The number of unbranched alkanes of at least 4 members (excludes halogenated alkanes) is 2. The second-order valence-electron chi connectivity index (χ2n) is 9.18. The van der Waals surface area contributed by atoms with Crippen LogP contribution in [0.25, 0.3) is 5.69 Å². The first-order valence-electron chi connectivity index (χ1n) is 11.8. The van der Waals surface area contributed by atoms with Gasteiger partial charge in [-0.25, -0.2) is 9.48 Å². The molecule has 182 valence electrons. The lowest BCUT2D eigenvalue weighted by molar-refractivity contribution is -0.116. The Bertz CT molecular complexity index is 900. The third-order valence-corrected chi connectivity index (χ3v) is 5.27. The van der Waals surface area contributed by atoms with Crippen LogP contribution in [-0.4, -0.2) is 53.4 Å². The van der Waals surface area contributed by atoms with Gasteiger partial charge >= 0.3 is 6.03 Å². The van der Waals surface area contributed by atoms with Crippen molar-refractivity contribution in [1.29, 1.82) is 0 Å². The van der Waals surface area contributed by atoms with Crippen LogP contribution in [-0.2, 0) is 10.2 Å². The van der Waals surface area contributed by atoms with Gasteiger partial charge in [-0.15, -0.1) is 0 Å². The average molecular weight is 458 g/mol. The Balaban J connectivity index is 2.22. The van der Waals surface area contributed by atoms with E-state index in [1.165, 1.54) is 0 Å². The molecule has 8 heteroatoms. The first kappa shape index (κ1) is 26.2. The highest BCUT2D eigenvalue weighted by atomic mass is 16.5. The van der Waals surface area contributed by atoms with E-state index in [4.69, 9.17) is 9.84 Å². The van der Waals surface area contributed by atoms with Crippen LogP contribution in [0.5, 0.6) is 5.75 Å². The van der Waals surface area contributed by atoms with Gasteiger partial charge in [0.15, 0.2) is 0 Å². The molecule has 0 aliphatic rings. The summed E-state index contributed by atoms with van der Waals surface area (Å²) in [7, 11) is 1.62. The summed E-state index contributed by atoms with van der Waals surface area (Å²) in [5, 5.41) is 10.6. The molecule has 1 aromatic carbocycles. The summed E-state index contributed by atoms with van der Waals surface area (Å²) in [6.45, 7) is 11.5. The largest absolute Gasteiger partial charge is 0.497 e. The summed E-state index contributed by atoms with van der Waals surface area (Å²) in [5.74, 6) is 1.05. The molecule has 0 spiro atoms. The molecule has 2 aromatic rings. The Morgan fingerprint density at radius 2 is 1.76 bits per heavy atom. The van der Waals surface area contributed by atoms with Gasteiger partial charge in [0.25, 0.3) is 0 Å². The van der Waals surface area contributed by atoms with Crippen molar-refractivity contribution in [2.45, 2.75) is 65.7 Å². The molecule has 1 heterocycles. The van der Waals surface area contributed by atoms with E-state index in [0.717, 1.165) is 42.8 Å². The maximum atomic E-state index is 13.0. The molecule has 2 rings (SSSR count). The van der Waals surface area contributed by atoms with E-state index in [1.807, 2.05) is 30.3 Å². The van der Waals surface area contributed by atoms with Crippen molar-refractivity contribution in [2.24, 2.45) is 0 Å². The number of rotatable bonds is 11. The fourth-order valence-electron chi connectivity index (χ4n) is 3.20. The number of nitrogens with zero attached hydrogens (tertiary/aromatic N) is 3. The number of benzene rings is 1. The summed E-state index contributed by atoms with van der Waals surface area (Å²) >= 11 is 0. The third-order valence-electron chi connectivity index (χ3n) is 5.27. The van der Waals surface area contributed by atoms with Crippen LogP contribution in [0.15, 0.2) is 30.3 Å². The number of anilines is 1. The number of carbonyl (C=O) groups is 2. The monoisotopic (exact) mass is 457 g/mol. The topological polar surface area (TPSA) is 88.5 Å². The Morgan fingerprint density at radius 1 is 1.09 bits per heavy atom. The number of urea groups is 1. The number of ether oxygens (including phenoxy) is 1. The zero-order chi connectivity index (χ0) is 24.4. The van der Waals surface area contributed by atoms with E-state index >= 15 is 0 Å². The maximum Gasteiger partial charge on any atom is 0.317 e. The molecular formula is C25H39N5O3. The van der Waals surface area contributed by atoms with Crippen LogP contribution in [0.3, 0.4) is 0 Å². The third kappa shape index (κ3) is 7.80. The van der Waals surface area contributed by atoms with Gasteiger partial charge in [0.2, 0.25) is 5.91 Å². The van der Waals surface area contributed by atoms with Crippen molar-refractivity contribution in [3.63, 3.8) is 0 Å². The predicted octanol–water partition coefficient (Wildman–Crippen LogP) is 4.73. The maximum absolute atomic E-state index is 13.0. The van der Waals surface area contributed by atoms with Gasteiger partial charge in [-0.2, -0.15) is 5.10 Å². The lowest BCUT2D eigenvalue weighted by atomic mass is 9.92. The predicted molar refractivity (Wildman–Crippen MR) is 132 cm³/mol. The van der Waals surface area contributed by atoms with Gasteiger partial charge in [0, 0.05) is 24.6 Å². The molecule has 0 fully saturated rings. The Hall–Kier alpha value is -3.03. The van der Waals surface area contributed by atoms with Crippen LogP contribution in [0.2, 0.25) is 0 Å². The average Bonchev–Trinajstić information content (AvgIpc) is 3.21.